The van der Waals surface area contributed by atoms with Crippen LogP contribution >= 0.6 is 0 Å². The highest BCUT2D eigenvalue weighted by Crippen LogP contribution is 2.45. The zero-order valence-corrected chi connectivity index (χ0v) is 15.8. The van der Waals surface area contributed by atoms with Crippen LogP contribution in [0.25, 0.3) is 0 Å². The van der Waals surface area contributed by atoms with Crippen molar-refractivity contribution in [2.24, 2.45) is 10.4 Å². The predicted molar refractivity (Wildman–Crippen MR) is 95.1 cm³/mol. The molecule has 23 heavy (non-hydrogen) atoms. The molecule has 2 N–H and O–H groups in total. The molecule has 0 bridgehead atoms. The maximum Gasteiger partial charge on any atom is 0.209 e. The highest BCUT2D eigenvalue weighted by atomic mass is 32.2. The van der Waals surface area contributed by atoms with E-state index in [1.54, 1.807) is 0 Å². The summed E-state index contributed by atoms with van der Waals surface area (Å²) < 4.78 is 25.6. The fourth-order valence-corrected chi connectivity index (χ4v) is 4.95. The Labute approximate surface area is 141 Å². The molecule has 0 aromatic heterocycles. The van der Waals surface area contributed by atoms with Gasteiger partial charge in [0.05, 0.1) is 12.8 Å². The minimum Gasteiger partial charge on any atom is -0.357 e. The molecule has 0 aromatic carbocycles. The van der Waals surface area contributed by atoms with Gasteiger partial charge in [-0.3, -0.25) is 4.99 Å². The van der Waals surface area contributed by atoms with Crippen LogP contribution in [0, 0.1) is 5.41 Å². The minimum atomic E-state index is -3.23. The summed E-state index contributed by atoms with van der Waals surface area (Å²) in [4.78, 5) is 7.06. The second-order valence-electron chi connectivity index (χ2n) is 7.81. The molecule has 7 heteroatoms. The fourth-order valence-electron chi connectivity index (χ4n) is 3.88. The number of aliphatic imine (C=N–C) groups is 1. The Morgan fingerprint density at radius 2 is 1.91 bits per heavy atom. The number of sulfonamides is 1. The summed E-state index contributed by atoms with van der Waals surface area (Å²) >= 11 is 0. The van der Waals surface area contributed by atoms with E-state index in [-0.39, 0.29) is 0 Å². The first-order valence-electron chi connectivity index (χ1n) is 8.67. The molecule has 2 fully saturated rings. The summed E-state index contributed by atoms with van der Waals surface area (Å²) in [5, 5.41) is 3.37. The first kappa shape index (κ1) is 18.5. The smallest absolute Gasteiger partial charge is 0.209 e. The number of nitrogens with one attached hydrogen (secondary N) is 2. The van der Waals surface area contributed by atoms with Crippen LogP contribution in [0.5, 0.6) is 0 Å². The van der Waals surface area contributed by atoms with E-state index >= 15 is 0 Å². The van der Waals surface area contributed by atoms with Crippen LogP contribution in [-0.2, 0) is 10.0 Å². The molecule has 1 aliphatic carbocycles. The van der Waals surface area contributed by atoms with Gasteiger partial charge in [-0.15, -0.1) is 0 Å². The summed E-state index contributed by atoms with van der Waals surface area (Å²) in [6.45, 7) is 9.17. The normalized spacial score (nSPS) is 22.1. The van der Waals surface area contributed by atoms with Gasteiger partial charge in [0.15, 0.2) is 5.96 Å². The number of rotatable bonds is 5. The Morgan fingerprint density at radius 3 is 2.48 bits per heavy atom. The average Bonchev–Trinajstić information content (AvgIpc) is 3.03. The predicted octanol–water partition coefficient (Wildman–Crippen LogP) is 1.55. The third-order valence-electron chi connectivity index (χ3n) is 4.82. The van der Waals surface area contributed by atoms with Crippen molar-refractivity contribution >= 4 is 16.0 Å². The van der Waals surface area contributed by atoms with Gasteiger partial charge in [0.1, 0.15) is 0 Å². The monoisotopic (exact) mass is 344 g/mol. The van der Waals surface area contributed by atoms with Gasteiger partial charge in [-0.2, -0.15) is 0 Å². The second-order valence-corrected chi connectivity index (χ2v) is 9.56. The highest BCUT2D eigenvalue weighted by molar-refractivity contribution is 7.88. The zero-order valence-electron chi connectivity index (χ0n) is 15.0. The van der Waals surface area contributed by atoms with Crippen LogP contribution in [0.4, 0.5) is 0 Å². The van der Waals surface area contributed by atoms with Gasteiger partial charge in [0.25, 0.3) is 0 Å². The van der Waals surface area contributed by atoms with E-state index in [1.165, 1.54) is 38.4 Å². The first-order chi connectivity index (χ1) is 10.6. The van der Waals surface area contributed by atoms with Crippen molar-refractivity contribution in [3.05, 3.63) is 0 Å². The van der Waals surface area contributed by atoms with E-state index in [0.717, 1.165) is 25.6 Å². The summed E-state index contributed by atoms with van der Waals surface area (Å²) in [5.74, 6) is 0.916. The van der Waals surface area contributed by atoms with Crippen LogP contribution in [-0.4, -0.2) is 57.3 Å². The minimum absolute atomic E-state index is 0.423. The van der Waals surface area contributed by atoms with Gasteiger partial charge in [0.2, 0.25) is 10.0 Å². The number of likely N-dealkylation sites (tertiary alicyclic amines) is 1. The molecule has 6 nitrogen and oxygen atoms in total. The summed E-state index contributed by atoms with van der Waals surface area (Å²) in [7, 11) is -3.23. The van der Waals surface area contributed by atoms with Gasteiger partial charge in [-0.05, 0) is 45.4 Å². The largest absolute Gasteiger partial charge is 0.357 e. The standard InChI is InChI=1S/C16H32N4O2S/c1-5-17-14(18-12-15(2,3)19-23(4,21)22)20-11-10-16(13-20)8-6-7-9-16/h19H,5-13H2,1-4H3,(H,17,18). The third kappa shape index (κ3) is 5.35. The molecular formula is C16H32N4O2S. The molecule has 1 saturated carbocycles. The summed E-state index contributed by atoms with van der Waals surface area (Å²) in [6.07, 6.45) is 7.82. The Morgan fingerprint density at radius 1 is 1.26 bits per heavy atom. The van der Waals surface area contributed by atoms with Gasteiger partial charge in [-0.25, -0.2) is 13.1 Å². The summed E-state index contributed by atoms with van der Waals surface area (Å²) in [5.41, 5.74) is -0.0876. The SMILES string of the molecule is CCNC(=NCC(C)(C)NS(C)(=O)=O)N1CCC2(CCCC2)C1. The topological polar surface area (TPSA) is 73.8 Å². The maximum atomic E-state index is 11.5. The van der Waals surface area contributed by atoms with Crippen LogP contribution in [0.3, 0.4) is 0 Å². The highest BCUT2D eigenvalue weighted by Gasteiger charge is 2.41. The molecule has 2 rings (SSSR count). The van der Waals surface area contributed by atoms with Crippen LogP contribution < -0.4 is 10.0 Å². The van der Waals surface area contributed by atoms with Crippen LogP contribution in [0.1, 0.15) is 52.9 Å². The molecule has 2 aliphatic rings. The van der Waals surface area contributed by atoms with Gasteiger partial charge >= 0.3 is 0 Å². The quantitative estimate of drug-likeness (QED) is 0.586. The van der Waals surface area contributed by atoms with E-state index in [4.69, 9.17) is 4.99 Å². The van der Waals surface area contributed by atoms with Crippen molar-refractivity contribution in [2.75, 3.05) is 32.4 Å². The van der Waals surface area contributed by atoms with Crippen LogP contribution in [0.15, 0.2) is 4.99 Å². The number of nitrogens with zero attached hydrogens (tertiary/aromatic N) is 2. The molecule has 0 aromatic rings. The van der Waals surface area contributed by atoms with Crippen molar-refractivity contribution in [3.63, 3.8) is 0 Å². The van der Waals surface area contributed by atoms with Crippen molar-refractivity contribution in [3.8, 4) is 0 Å². The molecular weight excluding hydrogens is 312 g/mol. The van der Waals surface area contributed by atoms with E-state index in [9.17, 15) is 8.42 Å². The average molecular weight is 345 g/mol. The van der Waals surface area contributed by atoms with Gasteiger partial charge < -0.3 is 10.2 Å². The molecule has 1 spiro atoms. The lowest BCUT2D eigenvalue weighted by Gasteiger charge is -2.28. The Kier molecular flexibility index (Phi) is 5.61. The van der Waals surface area contributed by atoms with Crippen LogP contribution in [0.2, 0.25) is 0 Å². The third-order valence-corrected chi connectivity index (χ3v) is 5.75. The zero-order chi connectivity index (χ0) is 17.1. The van der Waals surface area contributed by atoms with Gasteiger partial charge in [-0.1, -0.05) is 12.8 Å². The number of hydrogen-bond acceptors (Lipinski definition) is 3. The van der Waals surface area contributed by atoms with Crippen molar-refractivity contribution < 1.29 is 8.42 Å². The molecule has 0 amide bonds. The lowest BCUT2D eigenvalue weighted by Crippen LogP contribution is -2.47. The second kappa shape index (κ2) is 6.97. The maximum absolute atomic E-state index is 11.5. The summed E-state index contributed by atoms with van der Waals surface area (Å²) in [6, 6.07) is 0. The lowest BCUT2D eigenvalue weighted by molar-refractivity contribution is 0.309. The molecule has 0 unspecified atom stereocenters. The lowest BCUT2D eigenvalue weighted by atomic mass is 9.86. The first-order valence-corrected chi connectivity index (χ1v) is 10.6. The van der Waals surface area contributed by atoms with Crippen molar-refractivity contribution in [1.82, 2.24) is 14.9 Å². The number of guanidine groups is 1. The molecule has 0 atom stereocenters. The van der Waals surface area contributed by atoms with E-state index in [0.29, 0.717) is 12.0 Å². The Hall–Kier alpha value is -0.820. The van der Waals surface area contributed by atoms with E-state index < -0.39 is 15.6 Å². The van der Waals surface area contributed by atoms with E-state index in [1.807, 2.05) is 13.8 Å². The fraction of sp³-hybridized carbons (Fsp3) is 0.938. The molecule has 1 saturated heterocycles. The molecule has 1 heterocycles. The number of hydrogen-bond donors (Lipinski definition) is 2. The Balaban J connectivity index is 2.03. The van der Waals surface area contributed by atoms with Gasteiger partial charge in [0, 0.05) is 25.2 Å². The Bertz CT molecular complexity index is 536. The van der Waals surface area contributed by atoms with Crippen molar-refractivity contribution in [2.45, 2.75) is 58.4 Å². The molecule has 1 aliphatic heterocycles. The molecule has 134 valence electrons. The van der Waals surface area contributed by atoms with E-state index in [2.05, 4.69) is 21.9 Å². The molecule has 0 radical (unpaired) electrons. The van der Waals surface area contributed by atoms with Crippen molar-refractivity contribution in [1.29, 1.82) is 0 Å².